The molecule has 6 rings (SSSR count). The SMILES string of the molecule is CC(CO)(CO)c1ccc2nc(CCC3CC(N(O)CC4OC(n5cnc6c(N)ncnc65)C(O)C4O)C3)[nH]c2c1. The van der Waals surface area contributed by atoms with Crippen LogP contribution in [0.4, 0.5) is 5.82 Å². The van der Waals surface area contributed by atoms with Crippen LogP contribution in [0.25, 0.3) is 22.2 Å². The minimum absolute atomic E-state index is 0.0440. The topological polar surface area (TPSA) is 212 Å². The standard InChI is InChI=1S/C27H36N8O6/c1-27(10-36,11-37)15-3-4-17-18(8-15)33-20(32-17)5-2-14-6-16(7-14)35(40)9-19-22(38)23(39)26(41-19)34-13-31-21-24(28)29-12-30-25(21)34/h3-4,8,12-14,16,19,22-23,26,36-40H,2,5-7,9-11H2,1H3,(H,32,33)(H2,28,29,30). The number of hydrogen-bond acceptors (Lipinski definition) is 12. The Morgan fingerprint density at radius 1 is 1.15 bits per heavy atom. The highest BCUT2D eigenvalue weighted by atomic mass is 16.6. The van der Waals surface area contributed by atoms with Crippen molar-refractivity contribution in [1.29, 1.82) is 0 Å². The number of anilines is 1. The summed E-state index contributed by atoms with van der Waals surface area (Å²) in [5, 5.41) is 52.7. The Balaban J connectivity index is 1.01. The monoisotopic (exact) mass is 568 g/mol. The third kappa shape index (κ3) is 5.05. The molecular weight excluding hydrogens is 532 g/mol. The molecule has 14 heteroatoms. The second-order valence-corrected chi connectivity index (χ2v) is 11.6. The Morgan fingerprint density at radius 2 is 1.93 bits per heavy atom. The van der Waals surface area contributed by atoms with E-state index in [0.717, 1.165) is 48.1 Å². The first-order valence-corrected chi connectivity index (χ1v) is 13.8. The third-order valence-electron chi connectivity index (χ3n) is 8.71. The number of aromatic amines is 1. The van der Waals surface area contributed by atoms with E-state index in [1.54, 1.807) is 0 Å². The van der Waals surface area contributed by atoms with Crippen LogP contribution in [0.3, 0.4) is 0 Å². The minimum Gasteiger partial charge on any atom is -0.395 e. The summed E-state index contributed by atoms with van der Waals surface area (Å²) >= 11 is 0. The molecule has 2 fully saturated rings. The van der Waals surface area contributed by atoms with Gasteiger partial charge in [0.05, 0.1) is 37.1 Å². The van der Waals surface area contributed by atoms with Gasteiger partial charge >= 0.3 is 0 Å². The molecular formula is C27H36N8O6. The number of aryl methyl sites for hydroxylation is 1. The lowest BCUT2D eigenvalue weighted by Gasteiger charge is -2.40. The summed E-state index contributed by atoms with van der Waals surface area (Å²) in [6.07, 6.45) is 1.80. The van der Waals surface area contributed by atoms with Crippen LogP contribution in [0, 0.1) is 5.92 Å². The Kier molecular flexibility index (Phi) is 7.40. The van der Waals surface area contributed by atoms with Crippen molar-refractivity contribution in [2.75, 3.05) is 25.5 Å². The molecule has 4 unspecified atom stereocenters. The molecule has 2 aliphatic rings. The highest BCUT2D eigenvalue weighted by Gasteiger charge is 2.46. The van der Waals surface area contributed by atoms with Crippen molar-refractivity contribution in [3.63, 3.8) is 0 Å². The fourth-order valence-electron chi connectivity index (χ4n) is 5.81. The van der Waals surface area contributed by atoms with Crippen LogP contribution in [0.15, 0.2) is 30.9 Å². The van der Waals surface area contributed by atoms with Gasteiger partial charge in [0.25, 0.3) is 0 Å². The molecule has 0 bridgehead atoms. The van der Waals surface area contributed by atoms with Gasteiger partial charge in [0.1, 0.15) is 36.0 Å². The number of nitrogens with one attached hydrogen (secondary N) is 1. The second kappa shape index (κ2) is 10.9. The van der Waals surface area contributed by atoms with Crippen LogP contribution in [-0.4, -0.2) is 104 Å². The minimum atomic E-state index is -1.24. The van der Waals surface area contributed by atoms with Crippen molar-refractivity contribution in [1.82, 2.24) is 34.6 Å². The highest BCUT2D eigenvalue weighted by molar-refractivity contribution is 5.81. The van der Waals surface area contributed by atoms with E-state index in [4.69, 9.17) is 10.5 Å². The molecule has 4 atom stereocenters. The second-order valence-electron chi connectivity index (χ2n) is 11.6. The number of fused-ring (bicyclic) bond motifs is 2. The summed E-state index contributed by atoms with van der Waals surface area (Å²) < 4.78 is 7.47. The molecule has 1 aromatic carbocycles. The van der Waals surface area contributed by atoms with Gasteiger partial charge in [-0.25, -0.2) is 19.9 Å². The zero-order valence-electron chi connectivity index (χ0n) is 22.7. The van der Waals surface area contributed by atoms with Crippen molar-refractivity contribution in [3.05, 3.63) is 42.2 Å². The number of nitrogens with zero attached hydrogens (tertiary/aromatic N) is 6. The number of rotatable bonds is 10. The lowest BCUT2D eigenvalue weighted by Crippen LogP contribution is -2.48. The van der Waals surface area contributed by atoms with Crippen LogP contribution in [0.2, 0.25) is 0 Å². The van der Waals surface area contributed by atoms with Gasteiger partial charge in [-0.05, 0) is 42.9 Å². The van der Waals surface area contributed by atoms with Crippen LogP contribution in [0.1, 0.15) is 43.8 Å². The number of aliphatic hydroxyl groups is 4. The number of nitrogen functional groups attached to an aromatic ring is 1. The van der Waals surface area contributed by atoms with E-state index in [1.807, 2.05) is 25.1 Å². The van der Waals surface area contributed by atoms with Crippen molar-refractivity contribution in [2.24, 2.45) is 5.92 Å². The first kappa shape index (κ1) is 27.9. The van der Waals surface area contributed by atoms with Gasteiger partial charge in [0.2, 0.25) is 0 Å². The number of hydrogen-bond donors (Lipinski definition) is 7. The molecule has 1 saturated heterocycles. The number of aromatic nitrogens is 6. The van der Waals surface area contributed by atoms with E-state index < -0.39 is 30.0 Å². The van der Waals surface area contributed by atoms with Gasteiger partial charge in [-0.3, -0.25) is 4.57 Å². The summed E-state index contributed by atoms with van der Waals surface area (Å²) in [6.45, 7) is 1.56. The first-order valence-electron chi connectivity index (χ1n) is 13.8. The molecule has 1 saturated carbocycles. The van der Waals surface area contributed by atoms with E-state index >= 15 is 0 Å². The highest BCUT2D eigenvalue weighted by Crippen LogP contribution is 2.37. The van der Waals surface area contributed by atoms with Crippen LogP contribution in [-0.2, 0) is 16.6 Å². The van der Waals surface area contributed by atoms with Crippen molar-refractivity contribution >= 4 is 28.0 Å². The van der Waals surface area contributed by atoms with E-state index in [-0.39, 0.29) is 31.6 Å². The number of aliphatic hydroxyl groups excluding tert-OH is 4. The largest absolute Gasteiger partial charge is 0.395 e. The van der Waals surface area contributed by atoms with Gasteiger partial charge in [-0.1, -0.05) is 13.0 Å². The number of ether oxygens (including phenoxy) is 1. The quantitative estimate of drug-likeness (QED) is 0.128. The normalized spacial score (nSPS) is 26.8. The summed E-state index contributed by atoms with van der Waals surface area (Å²) in [4.78, 5) is 20.3. The molecule has 0 radical (unpaired) electrons. The first-order chi connectivity index (χ1) is 19.7. The Morgan fingerprint density at radius 3 is 2.68 bits per heavy atom. The van der Waals surface area contributed by atoms with Crippen molar-refractivity contribution in [2.45, 2.75) is 68.6 Å². The average molecular weight is 569 g/mol. The Labute approximate surface area is 235 Å². The number of imidazole rings is 2. The summed E-state index contributed by atoms with van der Waals surface area (Å²) in [5.41, 5.74) is 8.46. The van der Waals surface area contributed by atoms with Crippen LogP contribution >= 0.6 is 0 Å². The molecule has 220 valence electrons. The lowest BCUT2D eigenvalue weighted by atomic mass is 9.77. The number of H-pyrrole nitrogens is 1. The molecule has 1 aliphatic heterocycles. The molecule has 14 nitrogen and oxygen atoms in total. The lowest BCUT2D eigenvalue weighted by molar-refractivity contribution is -0.185. The molecule has 41 heavy (non-hydrogen) atoms. The average Bonchev–Trinajstić information content (AvgIpc) is 3.64. The number of benzene rings is 1. The van der Waals surface area contributed by atoms with Gasteiger partial charge in [-0.15, -0.1) is 0 Å². The molecule has 8 N–H and O–H groups in total. The number of nitrogens with two attached hydrogens (primary N) is 1. The fourth-order valence-corrected chi connectivity index (χ4v) is 5.81. The van der Waals surface area contributed by atoms with Gasteiger partial charge in [0.15, 0.2) is 17.7 Å². The summed E-state index contributed by atoms with van der Waals surface area (Å²) in [6, 6.07) is 5.65. The molecule has 4 aromatic rings. The van der Waals surface area contributed by atoms with E-state index in [2.05, 4.69) is 24.9 Å². The zero-order chi connectivity index (χ0) is 28.9. The van der Waals surface area contributed by atoms with Gasteiger partial charge < -0.3 is 41.1 Å². The molecule has 4 heterocycles. The fraction of sp³-hybridized carbons (Fsp3) is 0.556. The van der Waals surface area contributed by atoms with E-state index in [1.165, 1.54) is 22.3 Å². The molecule has 0 spiro atoms. The smallest absolute Gasteiger partial charge is 0.167 e. The van der Waals surface area contributed by atoms with Crippen molar-refractivity contribution < 1.29 is 30.4 Å². The van der Waals surface area contributed by atoms with E-state index in [9.17, 15) is 25.6 Å². The Bertz CT molecular complexity index is 1520. The molecule has 0 amide bonds. The van der Waals surface area contributed by atoms with Gasteiger partial charge in [0, 0.05) is 17.9 Å². The number of hydroxylamine groups is 2. The molecule has 1 aliphatic carbocycles. The predicted octanol–water partition coefficient (Wildman–Crippen LogP) is 0.249. The van der Waals surface area contributed by atoms with Gasteiger partial charge in [-0.2, -0.15) is 5.06 Å². The maximum atomic E-state index is 10.7. The molecule has 3 aromatic heterocycles. The maximum Gasteiger partial charge on any atom is 0.167 e. The summed E-state index contributed by atoms with van der Waals surface area (Å²) in [7, 11) is 0. The Hall–Kier alpha value is -3.24. The van der Waals surface area contributed by atoms with Crippen molar-refractivity contribution in [3.8, 4) is 0 Å². The maximum absolute atomic E-state index is 10.7. The third-order valence-corrected chi connectivity index (χ3v) is 8.71. The zero-order valence-corrected chi connectivity index (χ0v) is 22.7. The van der Waals surface area contributed by atoms with Crippen LogP contribution < -0.4 is 5.73 Å². The van der Waals surface area contributed by atoms with Crippen LogP contribution in [0.5, 0.6) is 0 Å². The van der Waals surface area contributed by atoms with E-state index in [0.29, 0.717) is 17.1 Å². The summed E-state index contributed by atoms with van der Waals surface area (Å²) in [5.74, 6) is 1.50. The predicted molar refractivity (Wildman–Crippen MR) is 147 cm³/mol.